The molecule has 0 spiro atoms. The number of nitriles is 1. The average Bonchev–Trinajstić information content (AvgIpc) is 2.71. The van der Waals surface area contributed by atoms with E-state index in [0.717, 1.165) is 22.4 Å². The third kappa shape index (κ3) is 4.15. The number of pyridine rings is 1. The number of carbonyl (C=O) groups excluding carboxylic acids is 1. The first-order chi connectivity index (χ1) is 13.0. The molecule has 1 aliphatic heterocycles. The van der Waals surface area contributed by atoms with E-state index in [1.165, 1.54) is 11.8 Å². The van der Waals surface area contributed by atoms with Gasteiger partial charge < -0.3 is 9.64 Å². The summed E-state index contributed by atoms with van der Waals surface area (Å²) < 4.78 is 5.38. The Bertz CT molecular complexity index is 871. The predicted molar refractivity (Wildman–Crippen MR) is 106 cm³/mol. The van der Waals surface area contributed by atoms with Crippen molar-refractivity contribution in [2.75, 3.05) is 26.3 Å². The summed E-state index contributed by atoms with van der Waals surface area (Å²) in [5, 5.41) is 9.85. The van der Waals surface area contributed by atoms with Crippen molar-refractivity contribution in [1.29, 1.82) is 5.26 Å². The number of ether oxygens (including phenoxy) is 1. The number of aryl methyl sites for hydroxylation is 1. The molecule has 1 atom stereocenters. The lowest BCUT2D eigenvalue weighted by atomic mass is 10.1. The van der Waals surface area contributed by atoms with Crippen molar-refractivity contribution < 1.29 is 9.53 Å². The standard InChI is InChI=1S/C21H23N3O2S/c1-14-15(2)18(13-22)20(23-16(14)3)27-19(17-7-5-4-6-8-17)21(25)24-9-11-26-12-10-24/h4-8,19H,9-12H2,1-3H3. The molecule has 5 nitrogen and oxygen atoms in total. The molecule has 0 saturated carbocycles. The maximum Gasteiger partial charge on any atom is 0.240 e. The van der Waals surface area contributed by atoms with Crippen molar-refractivity contribution in [1.82, 2.24) is 9.88 Å². The number of thioether (sulfide) groups is 1. The molecule has 0 bridgehead atoms. The van der Waals surface area contributed by atoms with Crippen LogP contribution in [0.5, 0.6) is 0 Å². The largest absolute Gasteiger partial charge is 0.378 e. The minimum atomic E-state index is -0.439. The Morgan fingerprint density at radius 2 is 1.85 bits per heavy atom. The van der Waals surface area contributed by atoms with Crippen LogP contribution in [0.1, 0.15) is 33.2 Å². The van der Waals surface area contributed by atoms with Crippen molar-refractivity contribution >= 4 is 17.7 Å². The molecule has 27 heavy (non-hydrogen) atoms. The third-order valence-corrected chi connectivity index (χ3v) is 6.18. The van der Waals surface area contributed by atoms with Crippen LogP contribution in [0.2, 0.25) is 0 Å². The lowest BCUT2D eigenvalue weighted by Gasteiger charge is -2.30. The second-order valence-electron chi connectivity index (χ2n) is 6.59. The summed E-state index contributed by atoms with van der Waals surface area (Å²) in [6.45, 7) is 8.15. The zero-order valence-electron chi connectivity index (χ0n) is 15.9. The number of nitrogens with zero attached hydrogens (tertiary/aromatic N) is 3. The highest BCUT2D eigenvalue weighted by Crippen LogP contribution is 2.39. The van der Waals surface area contributed by atoms with Crippen molar-refractivity contribution in [2.24, 2.45) is 0 Å². The number of aromatic nitrogens is 1. The summed E-state index contributed by atoms with van der Waals surface area (Å²) >= 11 is 1.37. The molecule has 0 N–H and O–H groups in total. The van der Waals surface area contributed by atoms with Crippen LogP contribution < -0.4 is 0 Å². The Morgan fingerprint density at radius 3 is 2.48 bits per heavy atom. The van der Waals surface area contributed by atoms with E-state index in [1.54, 1.807) is 0 Å². The Kier molecular flexibility index (Phi) is 6.15. The summed E-state index contributed by atoms with van der Waals surface area (Å²) in [5.74, 6) is 0.0380. The van der Waals surface area contributed by atoms with Gasteiger partial charge in [0, 0.05) is 18.8 Å². The van der Waals surface area contributed by atoms with Crippen LogP contribution in [0.15, 0.2) is 35.4 Å². The maximum absolute atomic E-state index is 13.3. The first kappa shape index (κ1) is 19.4. The SMILES string of the molecule is Cc1nc(SC(C(=O)N2CCOCC2)c2ccccc2)c(C#N)c(C)c1C. The molecule has 1 saturated heterocycles. The molecule has 1 unspecified atom stereocenters. The van der Waals surface area contributed by atoms with E-state index in [9.17, 15) is 10.1 Å². The van der Waals surface area contributed by atoms with Crippen LogP contribution in [0, 0.1) is 32.1 Å². The van der Waals surface area contributed by atoms with Gasteiger partial charge in [-0.25, -0.2) is 4.98 Å². The molecule has 1 aliphatic rings. The van der Waals surface area contributed by atoms with Crippen molar-refractivity contribution in [3.05, 3.63) is 58.3 Å². The first-order valence-corrected chi connectivity index (χ1v) is 9.87. The van der Waals surface area contributed by atoms with Gasteiger partial charge in [-0.05, 0) is 37.5 Å². The lowest BCUT2D eigenvalue weighted by Crippen LogP contribution is -2.42. The fourth-order valence-corrected chi connectivity index (χ4v) is 4.35. The average molecular weight is 382 g/mol. The number of hydrogen-bond donors (Lipinski definition) is 0. The van der Waals surface area contributed by atoms with Gasteiger partial charge in [0.15, 0.2) is 0 Å². The van der Waals surface area contributed by atoms with E-state index < -0.39 is 5.25 Å². The topological polar surface area (TPSA) is 66.2 Å². The highest BCUT2D eigenvalue weighted by Gasteiger charge is 2.30. The number of carbonyl (C=O) groups is 1. The van der Waals surface area contributed by atoms with Gasteiger partial charge in [-0.1, -0.05) is 42.1 Å². The summed E-state index contributed by atoms with van der Waals surface area (Å²) in [4.78, 5) is 19.8. The van der Waals surface area contributed by atoms with Crippen LogP contribution >= 0.6 is 11.8 Å². The van der Waals surface area contributed by atoms with Gasteiger partial charge >= 0.3 is 0 Å². The Morgan fingerprint density at radius 1 is 1.19 bits per heavy atom. The van der Waals surface area contributed by atoms with Crippen molar-refractivity contribution in [2.45, 2.75) is 31.0 Å². The lowest BCUT2D eigenvalue weighted by molar-refractivity contribution is -0.134. The van der Waals surface area contributed by atoms with Gasteiger partial charge in [0.1, 0.15) is 16.3 Å². The van der Waals surface area contributed by atoms with Crippen molar-refractivity contribution in [3.8, 4) is 6.07 Å². The van der Waals surface area contributed by atoms with Crippen LogP contribution in [-0.2, 0) is 9.53 Å². The monoisotopic (exact) mass is 381 g/mol. The molecule has 1 fully saturated rings. The van der Waals surface area contributed by atoms with Crippen molar-refractivity contribution in [3.63, 3.8) is 0 Å². The van der Waals surface area contributed by atoms with Crippen LogP contribution in [0.4, 0.5) is 0 Å². The van der Waals surface area contributed by atoms with Gasteiger partial charge in [0.25, 0.3) is 0 Å². The molecule has 1 amide bonds. The van der Waals surface area contributed by atoms with E-state index in [0.29, 0.717) is 36.9 Å². The van der Waals surface area contributed by atoms with E-state index in [2.05, 4.69) is 11.1 Å². The quantitative estimate of drug-likeness (QED) is 0.758. The smallest absolute Gasteiger partial charge is 0.240 e. The molecule has 2 heterocycles. The number of hydrogen-bond acceptors (Lipinski definition) is 5. The van der Waals surface area contributed by atoms with E-state index in [4.69, 9.17) is 4.74 Å². The fourth-order valence-electron chi connectivity index (χ4n) is 3.08. The third-order valence-electron chi connectivity index (χ3n) is 4.95. The van der Waals surface area contributed by atoms with Gasteiger partial charge in [0.05, 0.1) is 18.8 Å². The zero-order valence-corrected chi connectivity index (χ0v) is 16.7. The number of morpholine rings is 1. The summed E-state index contributed by atoms with van der Waals surface area (Å²) in [7, 11) is 0. The Labute approximate surface area is 164 Å². The minimum absolute atomic E-state index is 0.0380. The molecule has 2 aromatic rings. The molecule has 0 aliphatic carbocycles. The van der Waals surface area contributed by atoms with E-state index in [1.807, 2.05) is 56.0 Å². The summed E-state index contributed by atoms with van der Waals surface area (Å²) in [6, 6.07) is 12.0. The Hall–Kier alpha value is -2.36. The molecule has 1 aromatic carbocycles. The number of benzene rings is 1. The van der Waals surface area contributed by atoms with Gasteiger partial charge in [-0.15, -0.1) is 0 Å². The summed E-state index contributed by atoms with van der Waals surface area (Å²) in [5.41, 5.74) is 4.31. The molecular formula is C21H23N3O2S. The maximum atomic E-state index is 13.3. The molecule has 0 radical (unpaired) electrons. The highest BCUT2D eigenvalue weighted by molar-refractivity contribution is 8.00. The predicted octanol–water partition coefficient (Wildman–Crippen LogP) is 3.57. The molecular weight excluding hydrogens is 358 g/mol. The normalized spacial score (nSPS) is 15.3. The number of rotatable bonds is 4. The van der Waals surface area contributed by atoms with Crippen LogP contribution in [-0.4, -0.2) is 42.1 Å². The molecule has 3 rings (SSSR count). The molecule has 140 valence electrons. The van der Waals surface area contributed by atoms with E-state index in [-0.39, 0.29) is 5.91 Å². The zero-order chi connectivity index (χ0) is 19.4. The van der Waals surface area contributed by atoms with Gasteiger partial charge in [-0.2, -0.15) is 5.26 Å². The fraction of sp³-hybridized carbons (Fsp3) is 0.381. The van der Waals surface area contributed by atoms with E-state index >= 15 is 0 Å². The minimum Gasteiger partial charge on any atom is -0.378 e. The van der Waals surface area contributed by atoms with Crippen LogP contribution in [0.25, 0.3) is 0 Å². The van der Waals surface area contributed by atoms with Gasteiger partial charge in [-0.3, -0.25) is 4.79 Å². The highest BCUT2D eigenvalue weighted by atomic mass is 32.2. The second-order valence-corrected chi connectivity index (χ2v) is 7.68. The second kappa shape index (κ2) is 8.55. The molecule has 6 heteroatoms. The van der Waals surface area contributed by atoms with Gasteiger partial charge in [0.2, 0.25) is 5.91 Å². The first-order valence-electron chi connectivity index (χ1n) is 8.99. The summed E-state index contributed by atoms with van der Waals surface area (Å²) in [6.07, 6.45) is 0. The molecule has 1 aromatic heterocycles. The van der Waals surface area contributed by atoms with Crippen LogP contribution in [0.3, 0.4) is 0 Å². The number of amides is 1. The Balaban J connectivity index is 2.00.